The summed E-state index contributed by atoms with van der Waals surface area (Å²) in [4.78, 5) is 21.7. The second-order valence-electron chi connectivity index (χ2n) is 4.70. The van der Waals surface area contributed by atoms with Gasteiger partial charge in [0.2, 0.25) is 5.96 Å². The molecule has 0 aromatic heterocycles. The highest BCUT2D eigenvalue weighted by Crippen LogP contribution is 2.20. The predicted molar refractivity (Wildman–Crippen MR) is 76.3 cm³/mol. The third-order valence-corrected chi connectivity index (χ3v) is 3.46. The van der Waals surface area contributed by atoms with E-state index in [0.29, 0.717) is 11.5 Å². The van der Waals surface area contributed by atoms with E-state index in [-0.39, 0.29) is 5.78 Å². The largest absolute Gasteiger partial charge is 0.341 e. The molecule has 1 rings (SSSR count). The summed E-state index contributed by atoms with van der Waals surface area (Å²) in [5.74, 6) is 1.47. The van der Waals surface area contributed by atoms with Gasteiger partial charge in [0.15, 0.2) is 5.78 Å². The lowest BCUT2D eigenvalue weighted by Gasteiger charge is -2.32. The van der Waals surface area contributed by atoms with Crippen molar-refractivity contribution in [3.8, 4) is 0 Å². The second kappa shape index (κ2) is 7.09. The number of allylic oxidation sites excluding steroid dienone is 1. The van der Waals surface area contributed by atoms with Crippen LogP contribution in [0.5, 0.6) is 0 Å². The van der Waals surface area contributed by atoms with Crippen molar-refractivity contribution in [1.29, 1.82) is 0 Å². The molecule has 1 aliphatic heterocycles. The van der Waals surface area contributed by atoms with Gasteiger partial charge in [0.05, 0.1) is 0 Å². The number of carbonyl (C=O) groups is 1. The monoisotopic (exact) mass is 249 g/mol. The van der Waals surface area contributed by atoms with Crippen LogP contribution in [0, 0.1) is 5.92 Å². The Hall–Kier alpha value is -1.45. The van der Waals surface area contributed by atoms with E-state index in [1.807, 2.05) is 0 Å². The maximum Gasteiger partial charge on any atom is 0.220 e. The summed E-state index contributed by atoms with van der Waals surface area (Å²) in [5.41, 5.74) is 0.416. The molecule has 0 saturated carbocycles. The Morgan fingerprint density at radius 3 is 2.50 bits per heavy atom. The predicted octanol–water partition coefficient (Wildman–Crippen LogP) is 2.31. The zero-order valence-corrected chi connectivity index (χ0v) is 11.6. The first-order chi connectivity index (χ1) is 8.58. The molecule has 1 saturated heterocycles. The summed E-state index contributed by atoms with van der Waals surface area (Å²) in [6, 6.07) is 0. The average Bonchev–Trinajstić information content (AvgIpc) is 2.39. The van der Waals surface area contributed by atoms with Crippen molar-refractivity contribution < 1.29 is 4.79 Å². The quantitative estimate of drug-likeness (QED) is 0.438. The van der Waals surface area contributed by atoms with Gasteiger partial charge in [0.25, 0.3) is 0 Å². The van der Waals surface area contributed by atoms with Crippen molar-refractivity contribution in [3.05, 3.63) is 12.2 Å². The van der Waals surface area contributed by atoms with Crippen molar-refractivity contribution in [2.24, 2.45) is 15.9 Å². The summed E-state index contributed by atoms with van der Waals surface area (Å²) in [6.07, 6.45) is 5.14. The van der Waals surface area contributed by atoms with E-state index >= 15 is 0 Å². The van der Waals surface area contributed by atoms with E-state index in [2.05, 4.69) is 28.4 Å². The van der Waals surface area contributed by atoms with Gasteiger partial charge in [-0.25, -0.2) is 4.99 Å². The Morgan fingerprint density at radius 2 is 2.06 bits per heavy atom. The number of nitrogens with zero attached hydrogens (tertiary/aromatic N) is 3. The zero-order valence-electron chi connectivity index (χ0n) is 11.6. The highest BCUT2D eigenvalue weighted by Gasteiger charge is 2.19. The van der Waals surface area contributed by atoms with E-state index in [1.54, 1.807) is 7.05 Å². The van der Waals surface area contributed by atoms with Crippen LogP contribution in [-0.4, -0.2) is 43.0 Å². The molecule has 100 valence electrons. The number of carbonyl (C=O) groups excluding carboxylic acids is 1. The Kier molecular flexibility index (Phi) is 5.75. The fourth-order valence-corrected chi connectivity index (χ4v) is 2.05. The first-order valence-corrected chi connectivity index (χ1v) is 6.54. The van der Waals surface area contributed by atoms with Crippen molar-refractivity contribution in [3.63, 3.8) is 0 Å². The van der Waals surface area contributed by atoms with Gasteiger partial charge in [-0.15, -0.1) is 0 Å². The third kappa shape index (κ3) is 4.09. The number of rotatable bonds is 3. The minimum atomic E-state index is -0.0566. The molecule has 0 atom stereocenters. The number of hydrogen-bond acceptors (Lipinski definition) is 2. The van der Waals surface area contributed by atoms with E-state index in [9.17, 15) is 4.79 Å². The van der Waals surface area contributed by atoms with Gasteiger partial charge in [-0.2, -0.15) is 0 Å². The lowest BCUT2D eigenvalue weighted by Crippen LogP contribution is -2.37. The van der Waals surface area contributed by atoms with E-state index in [4.69, 9.17) is 0 Å². The number of piperidine rings is 1. The first kappa shape index (κ1) is 14.6. The highest BCUT2D eigenvalue weighted by atomic mass is 16.1. The Labute approximate surface area is 110 Å². The first-order valence-electron chi connectivity index (χ1n) is 6.54. The molecule has 0 N–H and O–H groups in total. The van der Waals surface area contributed by atoms with Crippen molar-refractivity contribution >= 4 is 18.0 Å². The number of guanidine groups is 1. The van der Waals surface area contributed by atoms with Crippen LogP contribution < -0.4 is 0 Å². The van der Waals surface area contributed by atoms with Gasteiger partial charge in [0.1, 0.15) is 0 Å². The normalized spacial score (nSPS) is 18.4. The van der Waals surface area contributed by atoms with Crippen LogP contribution >= 0.6 is 0 Å². The van der Waals surface area contributed by atoms with Crippen LogP contribution in [-0.2, 0) is 4.79 Å². The third-order valence-electron chi connectivity index (χ3n) is 3.46. The minimum absolute atomic E-state index is 0.0566. The number of ketones is 1. The maximum atomic E-state index is 11.1. The summed E-state index contributed by atoms with van der Waals surface area (Å²) in [6.45, 7) is 9.38. The molecule has 0 unspecified atom stereocenters. The Bertz CT molecular complexity index is 363. The van der Waals surface area contributed by atoms with Gasteiger partial charge < -0.3 is 4.90 Å². The molecule has 0 amide bonds. The van der Waals surface area contributed by atoms with Crippen LogP contribution in [0.25, 0.3) is 0 Å². The van der Waals surface area contributed by atoms with Crippen molar-refractivity contribution in [2.45, 2.75) is 33.1 Å². The summed E-state index contributed by atoms with van der Waals surface area (Å²) in [7, 11) is 1.73. The molecule has 0 radical (unpaired) electrons. The van der Waals surface area contributed by atoms with Crippen molar-refractivity contribution in [2.75, 3.05) is 20.1 Å². The van der Waals surface area contributed by atoms with Gasteiger partial charge in [-0.1, -0.05) is 19.9 Å². The van der Waals surface area contributed by atoms with Crippen molar-refractivity contribution in [1.82, 2.24) is 4.90 Å². The molecule has 0 aromatic carbocycles. The molecule has 1 heterocycles. The summed E-state index contributed by atoms with van der Waals surface area (Å²) in [5, 5.41) is 0. The molecule has 4 nitrogen and oxygen atoms in total. The lowest BCUT2D eigenvalue weighted by atomic mass is 9.95. The summed E-state index contributed by atoms with van der Waals surface area (Å²) >= 11 is 0. The molecular formula is C14H23N3O. The highest BCUT2D eigenvalue weighted by molar-refractivity contribution is 6.13. The zero-order chi connectivity index (χ0) is 13.5. The summed E-state index contributed by atoms with van der Waals surface area (Å²) < 4.78 is 0. The number of hydrogen-bond donors (Lipinski definition) is 0. The van der Waals surface area contributed by atoms with Crippen LogP contribution in [0.4, 0.5) is 0 Å². The van der Waals surface area contributed by atoms with E-state index in [0.717, 1.165) is 19.0 Å². The molecule has 0 bridgehead atoms. The minimum Gasteiger partial charge on any atom is -0.341 e. The van der Waals surface area contributed by atoms with Crippen LogP contribution in [0.3, 0.4) is 0 Å². The molecule has 1 fully saturated rings. The standard InChI is InChI=1S/C14H23N3O/c1-5-13-6-8-17(9-7-13)14(15-4)16-10-11(2)12(3)18/h10,13H,2,5-9H2,1,3-4H3. The van der Waals surface area contributed by atoms with Gasteiger partial charge in [0, 0.05) is 31.9 Å². The molecule has 0 aliphatic carbocycles. The smallest absolute Gasteiger partial charge is 0.220 e. The number of Topliss-reactive ketones (excluding diaryl/α,β-unsaturated/α-hetero) is 1. The average molecular weight is 249 g/mol. The Morgan fingerprint density at radius 1 is 1.44 bits per heavy atom. The molecule has 0 aromatic rings. The molecule has 4 heteroatoms. The number of aliphatic imine (C=N–C) groups is 2. The van der Waals surface area contributed by atoms with Gasteiger partial charge in [-0.05, 0) is 25.7 Å². The molecule has 18 heavy (non-hydrogen) atoms. The van der Waals surface area contributed by atoms with Crippen LogP contribution in [0.1, 0.15) is 33.1 Å². The Balaban J connectivity index is 2.58. The fraction of sp³-hybridized carbons (Fsp3) is 0.643. The maximum absolute atomic E-state index is 11.1. The van der Waals surface area contributed by atoms with Crippen LogP contribution in [0.15, 0.2) is 22.1 Å². The molecular weight excluding hydrogens is 226 g/mol. The second-order valence-corrected chi connectivity index (χ2v) is 4.70. The van der Waals surface area contributed by atoms with E-state index < -0.39 is 0 Å². The van der Waals surface area contributed by atoms with Gasteiger partial charge in [-0.3, -0.25) is 9.79 Å². The number of likely N-dealkylation sites (tertiary alicyclic amines) is 1. The lowest BCUT2D eigenvalue weighted by molar-refractivity contribution is -0.113. The molecule has 0 spiro atoms. The van der Waals surface area contributed by atoms with Crippen LogP contribution in [0.2, 0.25) is 0 Å². The van der Waals surface area contributed by atoms with Gasteiger partial charge >= 0.3 is 0 Å². The molecule has 1 aliphatic rings. The fourth-order valence-electron chi connectivity index (χ4n) is 2.05. The topological polar surface area (TPSA) is 45.0 Å². The SMILES string of the molecule is C=C(C=NC(=NC)N1CCC(CC)CC1)C(C)=O. The van der Waals surface area contributed by atoms with E-state index in [1.165, 1.54) is 32.4 Å².